The van der Waals surface area contributed by atoms with E-state index in [1.807, 2.05) is 6.92 Å². The van der Waals surface area contributed by atoms with Gasteiger partial charge in [-0.1, -0.05) is 74.4 Å². The maximum Gasteiger partial charge on any atom is 0.350 e. The first-order valence-corrected chi connectivity index (χ1v) is 15.4. The van der Waals surface area contributed by atoms with Crippen LogP contribution in [0.2, 0.25) is 0 Å². The highest BCUT2D eigenvalue weighted by atomic mass is 16.7. The molecule has 4 aromatic rings. The predicted molar refractivity (Wildman–Crippen MR) is 169 cm³/mol. The van der Waals surface area contributed by atoms with Crippen molar-refractivity contribution in [3.8, 4) is 0 Å². The van der Waals surface area contributed by atoms with Crippen LogP contribution in [-0.4, -0.2) is 58.2 Å². The summed E-state index contributed by atoms with van der Waals surface area (Å²) in [6.07, 6.45) is -1.21. The van der Waals surface area contributed by atoms with Crippen LogP contribution in [0.4, 0.5) is 0 Å². The number of carbonyl (C=O) groups is 4. The molecule has 1 fully saturated rings. The molecule has 0 saturated carbocycles. The molecule has 1 aliphatic rings. The van der Waals surface area contributed by atoms with E-state index in [-0.39, 0.29) is 34.6 Å². The van der Waals surface area contributed by atoms with Crippen molar-refractivity contribution in [3.63, 3.8) is 0 Å². The van der Waals surface area contributed by atoms with E-state index in [9.17, 15) is 24.0 Å². The van der Waals surface area contributed by atoms with E-state index in [2.05, 4.69) is 4.98 Å². The minimum absolute atomic E-state index is 0.00132. The van der Waals surface area contributed by atoms with Crippen molar-refractivity contribution < 1.29 is 38.1 Å². The highest BCUT2D eigenvalue weighted by Crippen LogP contribution is 2.35. The quantitative estimate of drug-likeness (QED) is 0.0829. The molecule has 0 bridgehead atoms. The summed E-state index contributed by atoms with van der Waals surface area (Å²) < 4.78 is 24.6. The molecular formula is C36H34N2O9. The predicted octanol–water partition coefficient (Wildman–Crippen LogP) is 5.21. The third-order valence-corrected chi connectivity index (χ3v) is 7.58. The molecule has 0 aliphatic carbocycles. The number of ether oxygens (including phenoxy) is 4. The van der Waals surface area contributed by atoms with Crippen LogP contribution in [-0.2, 0) is 18.9 Å². The molecule has 3 aromatic carbocycles. The van der Waals surface area contributed by atoms with Gasteiger partial charge < -0.3 is 18.9 Å². The number of hydrogen-bond acceptors (Lipinski definition) is 10. The van der Waals surface area contributed by atoms with Gasteiger partial charge in [-0.05, 0) is 48.9 Å². The van der Waals surface area contributed by atoms with E-state index in [4.69, 9.17) is 18.9 Å². The Labute approximate surface area is 271 Å². The first-order valence-electron chi connectivity index (χ1n) is 15.4. The zero-order chi connectivity index (χ0) is 33.2. The molecule has 0 radical (unpaired) electrons. The van der Waals surface area contributed by atoms with Crippen LogP contribution in [0.15, 0.2) is 108 Å². The molecule has 0 spiro atoms. The molecule has 47 heavy (non-hydrogen) atoms. The lowest BCUT2D eigenvalue weighted by Gasteiger charge is -2.25. The normalized spacial score (nSPS) is 18.7. The number of aromatic nitrogens is 2. The number of benzene rings is 3. The molecule has 11 nitrogen and oxygen atoms in total. The van der Waals surface area contributed by atoms with Crippen molar-refractivity contribution in [1.29, 1.82) is 0 Å². The highest BCUT2D eigenvalue weighted by Gasteiger charge is 2.51. The number of rotatable bonds is 13. The van der Waals surface area contributed by atoms with Crippen molar-refractivity contribution >= 4 is 23.7 Å². The summed E-state index contributed by atoms with van der Waals surface area (Å²) >= 11 is 0. The monoisotopic (exact) mass is 638 g/mol. The molecule has 5 rings (SSSR count). The lowest BCUT2D eigenvalue weighted by atomic mass is 10.1. The zero-order valence-electron chi connectivity index (χ0n) is 25.7. The van der Waals surface area contributed by atoms with Gasteiger partial charge in [-0.15, -0.1) is 0 Å². The van der Waals surface area contributed by atoms with Crippen LogP contribution in [0.25, 0.3) is 0 Å². The second-order valence-corrected chi connectivity index (χ2v) is 10.9. The summed E-state index contributed by atoms with van der Waals surface area (Å²) in [5, 5.41) is 0. The maximum atomic E-state index is 13.4. The van der Waals surface area contributed by atoms with Gasteiger partial charge in [-0.25, -0.2) is 19.2 Å². The van der Waals surface area contributed by atoms with Gasteiger partial charge >= 0.3 is 23.6 Å². The number of unbranched alkanes of at least 4 members (excludes halogenated alkanes) is 2. The summed E-state index contributed by atoms with van der Waals surface area (Å²) in [6, 6.07) is 26.0. The fourth-order valence-electron chi connectivity index (χ4n) is 5.11. The van der Waals surface area contributed by atoms with Crippen molar-refractivity contribution in [1.82, 2.24) is 9.55 Å². The molecule has 4 atom stereocenters. The van der Waals surface area contributed by atoms with Crippen LogP contribution in [0.3, 0.4) is 0 Å². The van der Waals surface area contributed by atoms with Gasteiger partial charge in [-0.2, -0.15) is 4.98 Å². The summed E-state index contributed by atoms with van der Waals surface area (Å²) in [5.41, 5.74) is -0.136. The largest absolute Gasteiger partial charge is 0.459 e. The highest BCUT2D eigenvalue weighted by molar-refractivity contribution is 5.94. The van der Waals surface area contributed by atoms with Gasteiger partial charge in [0.25, 0.3) is 0 Å². The average molecular weight is 639 g/mol. The van der Waals surface area contributed by atoms with Crippen LogP contribution in [0.1, 0.15) is 80.4 Å². The Morgan fingerprint density at radius 2 is 1.26 bits per heavy atom. The van der Waals surface area contributed by atoms with Gasteiger partial charge in [0.1, 0.15) is 18.4 Å². The van der Waals surface area contributed by atoms with Crippen molar-refractivity contribution in [3.05, 3.63) is 136 Å². The van der Waals surface area contributed by atoms with Crippen LogP contribution < -0.4 is 5.69 Å². The van der Waals surface area contributed by atoms with Gasteiger partial charge in [0.05, 0.1) is 16.7 Å². The summed E-state index contributed by atoms with van der Waals surface area (Å²) in [4.78, 5) is 69.5. The average Bonchev–Trinajstić information content (AvgIpc) is 3.43. The second-order valence-electron chi connectivity index (χ2n) is 10.9. The molecular weight excluding hydrogens is 604 g/mol. The third kappa shape index (κ3) is 8.25. The van der Waals surface area contributed by atoms with Crippen molar-refractivity contribution in [2.45, 2.75) is 57.1 Å². The Morgan fingerprint density at radius 3 is 1.79 bits per heavy atom. The molecule has 0 amide bonds. The number of carbonyl (C=O) groups excluding carboxylic acids is 4. The fourth-order valence-corrected chi connectivity index (χ4v) is 5.11. The standard InChI is InChI=1S/C36H34N2O9/c1-2-3-7-20-28(39)27-21-22-38(36(43)37-27)32-31(47-35(42)26-18-12-6-13-19-26)30(46-34(41)25-16-10-5-11-17-25)29(45-32)23-44-33(40)24-14-8-4-9-15-24/h4-6,8-19,21-22,29-32H,2-3,7,20,23H2,1H3/t29-,30-,31-,32-/m1/s1. The number of nitrogens with zero attached hydrogens (tertiary/aromatic N) is 2. The molecule has 0 unspecified atom stereocenters. The lowest BCUT2D eigenvalue weighted by molar-refractivity contribution is -0.0639. The number of Topliss-reactive ketones (excluding diaryl/α,β-unsaturated/α-hetero) is 1. The Morgan fingerprint density at radius 1 is 0.723 bits per heavy atom. The van der Waals surface area contributed by atoms with Crippen molar-refractivity contribution in [2.24, 2.45) is 0 Å². The zero-order valence-corrected chi connectivity index (χ0v) is 25.7. The van der Waals surface area contributed by atoms with Gasteiger partial charge in [0, 0.05) is 12.6 Å². The van der Waals surface area contributed by atoms with E-state index in [1.165, 1.54) is 12.3 Å². The van der Waals surface area contributed by atoms with Crippen LogP contribution >= 0.6 is 0 Å². The molecule has 1 aromatic heterocycles. The minimum Gasteiger partial charge on any atom is -0.459 e. The number of hydrogen-bond donors (Lipinski definition) is 0. The van der Waals surface area contributed by atoms with E-state index in [0.717, 1.165) is 17.4 Å². The van der Waals surface area contributed by atoms with Gasteiger partial charge in [-0.3, -0.25) is 9.36 Å². The van der Waals surface area contributed by atoms with E-state index >= 15 is 0 Å². The van der Waals surface area contributed by atoms with Crippen molar-refractivity contribution in [2.75, 3.05) is 6.61 Å². The lowest BCUT2D eigenvalue weighted by Crippen LogP contribution is -2.42. The third-order valence-electron chi connectivity index (χ3n) is 7.58. The molecule has 1 saturated heterocycles. The first kappa shape index (κ1) is 33.0. The fraction of sp³-hybridized carbons (Fsp3) is 0.278. The van der Waals surface area contributed by atoms with Gasteiger partial charge in [0.15, 0.2) is 24.2 Å². The van der Waals surface area contributed by atoms with E-state index in [1.54, 1.807) is 91.0 Å². The topological polar surface area (TPSA) is 140 Å². The maximum absolute atomic E-state index is 13.4. The minimum atomic E-state index is -1.39. The second kappa shape index (κ2) is 15.7. The number of esters is 3. The Bertz CT molecular complexity index is 1740. The first-order chi connectivity index (χ1) is 22.9. The Balaban J connectivity index is 1.49. The Hall–Kier alpha value is -5.42. The van der Waals surface area contributed by atoms with E-state index < -0.39 is 54.7 Å². The summed E-state index contributed by atoms with van der Waals surface area (Å²) in [5.74, 6) is -2.45. The Kier molecular flexibility index (Phi) is 11.0. The molecule has 1 aliphatic heterocycles. The van der Waals surface area contributed by atoms with E-state index in [0.29, 0.717) is 6.42 Å². The summed E-state index contributed by atoms with van der Waals surface area (Å²) in [7, 11) is 0. The van der Waals surface area contributed by atoms with Gasteiger partial charge in [0.2, 0.25) is 0 Å². The molecule has 242 valence electrons. The summed E-state index contributed by atoms with van der Waals surface area (Å²) in [6.45, 7) is 1.61. The van der Waals surface area contributed by atoms with Crippen LogP contribution in [0.5, 0.6) is 0 Å². The van der Waals surface area contributed by atoms with Crippen LogP contribution in [0, 0.1) is 0 Å². The SMILES string of the molecule is CCCCCC(=O)c1ccn([C@@H]2O[C@H](COC(=O)c3ccccc3)[C@@H](OC(=O)c3ccccc3)[C@H]2OC(=O)c2ccccc2)c(=O)n1. The number of ketones is 1. The molecule has 0 N–H and O–H groups in total. The smallest absolute Gasteiger partial charge is 0.350 e. The molecule has 2 heterocycles. The molecule has 11 heteroatoms.